The van der Waals surface area contributed by atoms with E-state index in [0.717, 1.165) is 83.4 Å². The molecule has 0 bridgehead atoms. The first-order valence-electron chi connectivity index (χ1n) is 19.3. The maximum absolute atomic E-state index is 8.65. The van der Waals surface area contributed by atoms with Crippen molar-refractivity contribution in [3.8, 4) is 78.8 Å². The highest BCUT2D eigenvalue weighted by atomic mass is 32.1. The first-order valence-corrected chi connectivity index (χ1v) is 19.7. The Morgan fingerprint density at radius 2 is 0.814 bits per heavy atom. The molecule has 7 heteroatoms. The molecule has 59 heavy (non-hydrogen) atoms. The fourth-order valence-corrected chi connectivity index (χ4v) is 7.92. The number of hydrogen-bond acceptors (Lipinski definition) is 7. The molecule has 0 amide bonds. The quantitative estimate of drug-likeness (QED) is 0.158. The van der Waals surface area contributed by atoms with E-state index in [9.17, 15) is 0 Å². The van der Waals surface area contributed by atoms with Gasteiger partial charge < -0.3 is 0 Å². The standard InChI is InChI=1S/C52H34N6S/c53-45-28-27-44-47(49(45)58-59)43-26-25-39(32-46(43)54-48(44)35-17-8-3-9-18-35)38-21-12-24-42(31-38)52-56-50(40-22-10-19-36(29-40)33-13-4-1-5-14-33)55-51(57-52)41-23-11-20-37(30-41)34-15-6-2-7-16-34/h1-32,53,59H. The Labute approximate surface area is 347 Å². The number of fused-ring (bicyclic) bond motifs is 3. The average Bonchev–Trinajstić information content (AvgIpc) is 3.32. The topological polar surface area (TPSA) is 87.8 Å². The van der Waals surface area contributed by atoms with Gasteiger partial charge in [-0.15, -0.1) is 0 Å². The summed E-state index contributed by atoms with van der Waals surface area (Å²) in [6.07, 6.45) is 3.72. The monoisotopic (exact) mass is 774 g/mol. The Kier molecular flexibility index (Phi) is 9.33. The molecule has 1 N–H and O–H groups in total. The molecule has 0 radical (unpaired) electrons. The molecule has 278 valence electrons. The van der Waals surface area contributed by atoms with Crippen molar-refractivity contribution < 1.29 is 0 Å². The lowest BCUT2D eigenvalue weighted by molar-refractivity contribution is 1.07. The van der Waals surface area contributed by atoms with Crippen molar-refractivity contribution in [2.75, 3.05) is 0 Å². The SMILES string of the molecule is N=C1C=Cc2c(-c3ccccc3)nc3cc(-c4cccc(-c5nc(-c6cccc(-c7ccccc7)c6)nc(-c6cccc(-c7ccccc7)c6)n5)c4)ccc3c2C1=NS. The number of rotatable bonds is 7. The van der Waals surface area contributed by atoms with Crippen LogP contribution < -0.4 is 0 Å². The summed E-state index contributed by atoms with van der Waals surface area (Å²) in [6, 6.07) is 62.1. The predicted molar refractivity (Wildman–Crippen MR) is 245 cm³/mol. The van der Waals surface area contributed by atoms with Crippen LogP contribution in [0, 0.1) is 5.41 Å². The normalized spacial score (nSPS) is 12.8. The summed E-state index contributed by atoms with van der Waals surface area (Å²) in [5, 5.41) is 9.55. The van der Waals surface area contributed by atoms with E-state index in [4.69, 9.17) is 25.3 Å². The summed E-state index contributed by atoms with van der Waals surface area (Å²) in [4.78, 5) is 20.6. The van der Waals surface area contributed by atoms with Gasteiger partial charge in [0.05, 0.1) is 16.9 Å². The number of allylic oxidation sites excluding steroid dienone is 1. The third-order valence-corrected chi connectivity index (χ3v) is 10.8. The van der Waals surface area contributed by atoms with Gasteiger partial charge in [0.2, 0.25) is 0 Å². The van der Waals surface area contributed by atoms with E-state index in [1.165, 1.54) is 0 Å². The Morgan fingerprint density at radius 3 is 1.31 bits per heavy atom. The number of nitrogens with one attached hydrogen (secondary N) is 1. The van der Waals surface area contributed by atoms with Crippen molar-refractivity contribution in [1.82, 2.24) is 19.9 Å². The van der Waals surface area contributed by atoms with E-state index in [1.54, 1.807) is 6.08 Å². The molecule has 2 aromatic heterocycles. The predicted octanol–water partition coefficient (Wildman–Crippen LogP) is 12.8. The largest absolute Gasteiger partial charge is 0.299 e. The van der Waals surface area contributed by atoms with Gasteiger partial charge in [0.1, 0.15) is 5.71 Å². The van der Waals surface area contributed by atoms with Crippen molar-refractivity contribution >= 4 is 41.2 Å². The zero-order chi connectivity index (χ0) is 39.7. The van der Waals surface area contributed by atoms with E-state index < -0.39 is 0 Å². The van der Waals surface area contributed by atoms with Gasteiger partial charge in [0.15, 0.2) is 17.5 Å². The number of nitrogens with zero attached hydrogens (tertiary/aromatic N) is 5. The van der Waals surface area contributed by atoms with Crippen molar-refractivity contribution in [3.05, 3.63) is 199 Å². The molecule has 1 aliphatic carbocycles. The highest BCUT2D eigenvalue weighted by Gasteiger charge is 2.24. The van der Waals surface area contributed by atoms with Gasteiger partial charge in [-0.1, -0.05) is 158 Å². The number of pyridine rings is 1. The van der Waals surface area contributed by atoms with Crippen molar-refractivity contribution in [1.29, 1.82) is 5.41 Å². The van der Waals surface area contributed by atoms with E-state index in [2.05, 4.69) is 132 Å². The van der Waals surface area contributed by atoms with E-state index in [1.807, 2.05) is 72.8 Å². The Hall–Kier alpha value is -7.61. The van der Waals surface area contributed by atoms with Crippen LogP contribution in [0.4, 0.5) is 0 Å². The molecule has 6 nitrogen and oxygen atoms in total. The van der Waals surface area contributed by atoms with Crippen LogP contribution in [-0.2, 0) is 0 Å². The minimum atomic E-state index is 0.311. The molecule has 10 rings (SSSR count). The van der Waals surface area contributed by atoms with Crippen LogP contribution in [-0.4, -0.2) is 31.4 Å². The third-order valence-electron chi connectivity index (χ3n) is 10.6. The second kappa shape index (κ2) is 15.4. The number of aromatic nitrogens is 4. The summed E-state index contributed by atoms with van der Waals surface area (Å²) >= 11 is 4.30. The van der Waals surface area contributed by atoms with E-state index >= 15 is 0 Å². The van der Waals surface area contributed by atoms with Gasteiger partial charge in [0, 0.05) is 38.8 Å². The lowest BCUT2D eigenvalue weighted by atomic mass is 9.87. The Bertz CT molecular complexity index is 3020. The summed E-state index contributed by atoms with van der Waals surface area (Å²) in [5.74, 6) is 1.75. The number of hydrogen-bond donors (Lipinski definition) is 2. The molecule has 0 fully saturated rings. The van der Waals surface area contributed by atoms with Gasteiger partial charge in [-0.05, 0) is 82.6 Å². The lowest BCUT2D eigenvalue weighted by Gasteiger charge is -2.20. The second-order valence-electron chi connectivity index (χ2n) is 14.3. The van der Waals surface area contributed by atoms with Gasteiger partial charge in [-0.2, -0.15) is 0 Å². The molecular weight excluding hydrogens is 741 g/mol. The fourth-order valence-electron chi connectivity index (χ4n) is 7.71. The average molecular weight is 775 g/mol. The first kappa shape index (κ1) is 35.8. The minimum absolute atomic E-state index is 0.311. The molecule has 0 aliphatic heterocycles. The zero-order valence-electron chi connectivity index (χ0n) is 31.7. The van der Waals surface area contributed by atoms with Crippen LogP contribution in [0.1, 0.15) is 11.1 Å². The van der Waals surface area contributed by atoms with Gasteiger partial charge >= 0.3 is 0 Å². The van der Waals surface area contributed by atoms with Crippen LogP contribution in [0.2, 0.25) is 0 Å². The first-order chi connectivity index (χ1) is 29.1. The van der Waals surface area contributed by atoms with Crippen molar-refractivity contribution in [2.24, 2.45) is 4.40 Å². The van der Waals surface area contributed by atoms with Crippen molar-refractivity contribution in [3.63, 3.8) is 0 Å². The number of thiol groups is 1. The van der Waals surface area contributed by atoms with Gasteiger partial charge in [-0.25, -0.2) is 24.3 Å². The zero-order valence-corrected chi connectivity index (χ0v) is 32.6. The highest BCUT2D eigenvalue weighted by molar-refractivity contribution is 7.79. The summed E-state index contributed by atoms with van der Waals surface area (Å²) < 4.78 is 4.27. The fraction of sp³-hybridized carbons (Fsp3) is 0. The third kappa shape index (κ3) is 6.94. The Balaban J connectivity index is 1.11. The van der Waals surface area contributed by atoms with Crippen LogP contribution in [0.5, 0.6) is 0 Å². The molecule has 2 heterocycles. The molecule has 0 atom stereocenters. The van der Waals surface area contributed by atoms with Crippen LogP contribution in [0.3, 0.4) is 0 Å². The molecule has 0 saturated carbocycles. The summed E-state index contributed by atoms with van der Waals surface area (Å²) in [5.41, 5.74) is 14.3. The van der Waals surface area contributed by atoms with E-state index in [-0.39, 0.29) is 0 Å². The summed E-state index contributed by atoms with van der Waals surface area (Å²) in [6.45, 7) is 0. The van der Waals surface area contributed by atoms with Gasteiger partial charge in [0.25, 0.3) is 0 Å². The molecule has 9 aromatic rings. The maximum Gasteiger partial charge on any atom is 0.164 e. The van der Waals surface area contributed by atoms with Crippen molar-refractivity contribution in [2.45, 2.75) is 0 Å². The van der Waals surface area contributed by atoms with Gasteiger partial charge in [-0.3, -0.25) is 5.41 Å². The lowest BCUT2D eigenvalue weighted by Crippen LogP contribution is -2.18. The molecule has 0 saturated heterocycles. The second-order valence-corrected chi connectivity index (χ2v) is 14.5. The highest BCUT2D eigenvalue weighted by Crippen LogP contribution is 2.37. The van der Waals surface area contributed by atoms with Crippen LogP contribution in [0.15, 0.2) is 192 Å². The van der Waals surface area contributed by atoms with E-state index in [0.29, 0.717) is 28.9 Å². The summed E-state index contributed by atoms with van der Waals surface area (Å²) in [7, 11) is 0. The van der Waals surface area contributed by atoms with Crippen LogP contribution >= 0.6 is 12.8 Å². The maximum atomic E-state index is 8.65. The Morgan fingerprint density at radius 1 is 0.390 bits per heavy atom. The molecule has 0 unspecified atom stereocenters. The smallest absolute Gasteiger partial charge is 0.164 e. The molecule has 1 aliphatic rings. The number of benzene rings is 7. The van der Waals surface area contributed by atoms with Crippen LogP contribution in [0.25, 0.3) is 95.8 Å². The minimum Gasteiger partial charge on any atom is -0.299 e. The molecule has 0 spiro atoms. The molecular formula is C52H34N6S. The molecule has 7 aromatic carbocycles.